The molecule has 3 rings (SSSR count). The van der Waals surface area contributed by atoms with Crippen molar-refractivity contribution in [3.05, 3.63) is 40.8 Å². The highest BCUT2D eigenvalue weighted by Gasteiger charge is 2.14. The standard InChI is InChI=1S/C13H12ClN5/c1-7-5-12-17-18-13(19(12)8(2)16-7)10-6-9(15)3-4-11(10)14/h3-6H,15H2,1-2H3. The Morgan fingerprint density at radius 1 is 1.16 bits per heavy atom. The van der Waals surface area contributed by atoms with Gasteiger partial charge in [-0.15, -0.1) is 10.2 Å². The van der Waals surface area contributed by atoms with Crippen LogP contribution in [0.4, 0.5) is 5.69 Å². The monoisotopic (exact) mass is 273 g/mol. The smallest absolute Gasteiger partial charge is 0.171 e. The highest BCUT2D eigenvalue weighted by atomic mass is 35.5. The molecule has 0 atom stereocenters. The maximum absolute atomic E-state index is 6.21. The number of rotatable bonds is 1. The first-order valence-corrected chi connectivity index (χ1v) is 6.19. The molecule has 0 unspecified atom stereocenters. The summed E-state index contributed by atoms with van der Waals surface area (Å²) in [6.45, 7) is 3.84. The molecule has 0 amide bonds. The highest BCUT2D eigenvalue weighted by molar-refractivity contribution is 6.33. The third kappa shape index (κ3) is 1.92. The zero-order valence-corrected chi connectivity index (χ0v) is 11.3. The lowest BCUT2D eigenvalue weighted by molar-refractivity contribution is 0.962. The summed E-state index contributed by atoms with van der Waals surface area (Å²) in [7, 11) is 0. The van der Waals surface area contributed by atoms with E-state index in [2.05, 4.69) is 15.2 Å². The molecule has 2 aromatic heterocycles. The second-order valence-electron chi connectivity index (χ2n) is 4.40. The van der Waals surface area contributed by atoms with Gasteiger partial charge in [0.25, 0.3) is 0 Å². The quantitative estimate of drug-likeness (QED) is 0.692. The van der Waals surface area contributed by atoms with E-state index in [-0.39, 0.29) is 0 Å². The summed E-state index contributed by atoms with van der Waals surface area (Å²) >= 11 is 6.21. The molecule has 0 radical (unpaired) electrons. The van der Waals surface area contributed by atoms with Crippen LogP contribution in [0.2, 0.25) is 5.02 Å². The van der Waals surface area contributed by atoms with Crippen LogP contribution in [0, 0.1) is 13.8 Å². The van der Waals surface area contributed by atoms with Crippen molar-refractivity contribution in [2.45, 2.75) is 13.8 Å². The third-order valence-corrected chi connectivity index (χ3v) is 3.25. The fourth-order valence-electron chi connectivity index (χ4n) is 2.12. The maximum Gasteiger partial charge on any atom is 0.171 e. The summed E-state index contributed by atoms with van der Waals surface area (Å²) in [4.78, 5) is 4.42. The minimum Gasteiger partial charge on any atom is -0.399 e. The zero-order chi connectivity index (χ0) is 13.6. The van der Waals surface area contributed by atoms with Crippen LogP contribution in [-0.2, 0) is 0 Å². The van der Waals surface area contributed by atoms with Gasteiger partial charge < -0.3 is 5.73 Å². The van der Waals surface area contributed by atoms with Gasteiger partial charge in [0.2, 0.25) is 0 Å². The summed E-state index contributed by atoms with van der Waals surface area (Å²) in [5.41, 5.74) is 8.85. The number of nitrogens with two attached hydrogens (primary N) is 1. The number of halogens is 1. The molecule has 5 nitrogen and oxygen atoms in total. The largest absolute Gasteiger partial charge is 0.399 e. The van der Waals surface area contributed by atoms with Gasteiger partial charge in [-0.3, -0.25) is 4.40 Å². The van der Waals surface area contributed by atoms with E-state index in [1.54, 1.807) is 18.2 Å². The van der Waals surface area contributed by atoms with Crippen LogP contribution in [0.25, 0.3) is 17.0 Å². The molecule has 2 heterocycles. The van der Waals surface area contributed by atoms with Gasteiger partial charge in [-0.05, 0) is 32.0 Å². The van der Waals surface area contributed by atoms with E-state index in [4.69, 9.17) is 17.3 Å². The van der Waals surface area contributed by atoms with Crippen LogP contribution in [0.1, 0.15) is 11.5 Å². The fraction of sp³-hybridized carbons (Fsp3) is 0.154. The molecule has 0 aliphatic heterocycles. The van der Waals surface area contributed by atoms with Crippen LogP contribution in [0.5, 0.6) is 0 Å². The summed E-state index contributed by atoms with van der Waals surface area (Å²) in [6, 6.07) is 7.18. The van der Waals surface area contributed by atoms with E-state index in [0.717, 1.165) is 22.7 Å². The first kappa shape index (κ1) is 11.9. The lowest BCUT2D eigenvalue weighted by Gasteiger charge is -2.06. The lowest BCUT2D eigenvalue weighted by atomic mass is 10.2. The Hall–Kier alpha value is -2.14. The third-order valence-electron chi connectivity index (χ3n) is 2.92. The molecular formula is C13H12ClN5. The number of nitrogens with zero attached hydrogens (tertiary/aromatic N) is 4. The molecule has 19 heavy (non-hydrogen) atoms. The van der Waals surface area contributed by atoms with Crippen molar-refractivity contribution in [2.24, 2.45) is 0 Å². The normalized spacial score (nSPS) is 11.1. The summed E-state index contributed by atoms with van der Waals surface area (Å²) in [5, 5.41) is 8.95. The van der Waals surface area contributed by atoms with E-state index in [0.29, 0.717) is 16.5 Å². The molecule has 0 saturated heterocycles. The van der Waals surface area contributed by atoms with E-state index < -0.39 is 0 Å². The molecular weight excluding hydrogens is 262 g/mol. The van der Waals surface area contributed by atoms with E-state index in [1.807, 2.05) is 24.3 Å². The average Bonchev–Trinajstić information content (AvgIpc) is 2.76. The van der Waals surface area contributed by atoms with Crippen LogP contribution in [0.15, 0.2) is 24.3 Å². The Labute approximate surface area is 115 Å². The van der Waals surface area contributed by atoms with E-state index in [1.165, 1.54) is 0 Å². The van der Waals surface area contributed by atoms with Gasteiger partial charge in [-0.25, -0.2) is 4.98 Å². The summed E-state index contributed by atoms with van der Waals surface area (Å²) in [5.74, 6) is 1.46. The molecule has 0 bridgehead atoms. The van der Waals surface area contributed by atoms with E-state index >= 15 is 0 Å². The van der Waals surface area contributed by atoms with Crippen molar-refractivity contribution in [1.82, 2.24) is 19.6 Å². The predicted octanol–water partition coefficient (Wildman–Crippen LogP) is 2.64. The van der Waals surface area contributed by atoms with Crippen molar-refractivity contribution < 1.29 is 0 Å². The Balaban J connectivity index is 2.34. The van der Waals surface area contributed by atoms with Crippen LogP contribution >= 0.6 is 11.6 Å². The van der Waals surface area contributed by atoms with Crippen molar-refractivity contribution in [3.8, 4) is 11.4 Å². The lowest BCUT2D eigenvalue weighted by Crippen LogP contribution is -2.00. The Morgan fingerprint density at radius 2 is 1.95 bits per heavy atom. The van der Waals surface area contributed by atoms with Gasteiger partial charge in [-0.2, -0.15) is 0 Å². The topological polar surface area (TPSA) is 69.1 Å². The Kier molecular flexibility index (Phi) is 2.64. The molecule has 0 aliphatic rings. The van der Waals surface area contributed by atoms with Crippen LogP contribution in [-0.4, -0.2) is 19.6 Å². The second kappa shape index (κ2) is 4.20. The molecule has 96 valence electrons. The van der Waals surface area contributed by atoms with Crippen molar-refractivity contribution in [2.75, 3.05) is 5.73 Å². The van der Waals surface area contributed by atoms with Gasteiger partial charge in [0.1, 0.15) is 5.82 Å². The maximum atomic E-state index is 6.21. The molecule has 0 fully saturated rings. The van der Waals surface area contributed by atoms with Gasteiger partial charge in [0, 0.05) is 23.0 Å². The van der Waals surface area contributed by atoms with E-state index in [9.17, 15) is 0 Å². The average molecular weight is 274 g/mol. The molecule has 6 heteroatoms. The SMILES string of the molecule is Cc1cc2nnc(-c3cc(N)ccc3Cl)n2c(C)n1. The minimum atomic E-state index is 0.587. The van der Waals surface area contributed by atoms with Crippen molar-refractivity contribution in [1.29, 1.82) is 0 Å². The first-order chi connectivity index (χ1) is 9.06. The number of benzene rings is 1. The number of fused-ring (bicyclic) bond motifs is 1. The predicted molar refractivity (Wildman–Crippen MR) is 75.1 cm³/mol. The molecule has 0 saturated carbocycles. The number of aromatic nitrogens is 4. The number of hydrogen-bond acceptors (Lipinski definition) is 4. The zero-order valence-electron chi connectivity index (χ0n) is 10.6. The van der Waals surface area contributed by atoms with Gasteiger partial charge in [-0.1, -0.05) is 11.6 Å². The minimum absolute atomic E-state index is 0.587. The first-order valence-electron chi connectivity index (χ1n) is 5.81. The summed E-state index contributed by atoms with van der Waals surface area (Å²) < 4.78 is 1.87. The fourth-order valence-corrected chi connectivity index (χ4v) is 2.32. The van der Waals surface area contributed by atoms with Crippen LogP contribution < -0.4 is 5.73 Å². The van der Waals surface area contributed by atoms with Gasteiger partial charge in [0.05, 0.1) is 5.02 Å². The molecule has 0 spiro atoms. The Bertz CT molecular complexity index is 778. The number of aryl methyl sites for hydroxylation is 2. The number of hydrogen-bond donors (Lipinski definition) is 1. The molecule has 0 aliphatic carbocycles. The Morgan fingerprint density at radius 3 is 2.74 bits per heavy atom. The van der Waals surface area contributed by atoms with Crippen molar-refractivity contribution in [3.63, 3.8) is 0 Å². The second-order valence-corrected chi connectivity index (χ2v) is 4.81. The number of nitrogen functional groups attached to an aromatic ring is 1. The van der Waals surface area contributed by atoms with Gasteiger partial charge >= 0.3 is 0 Å². The summed E-state index contributed by atoms with van der Waals surface area (Å²) in [6.07, 6.45) is 0. The molecule has 3 aromatic rings. The molecule has 1 aromatic carbocycles. The van der Waals surface area contributed by atoms with Crippen molar-refractivity contribution >= 4 is 22.9 Å². The number of anilines is 1. The highest BCUT2D eigenvalue weighted by Crippen LogP contribution is 2.29. The van der Waals surface area contributed by atoms with Crippen LogP contribution in [0.3, 0.4) is 0 Å². The van der Waals surface area contributed by atoms with Gasteiger partial charge in [0.15, 0.2) is 11.5 Å². The molecule has 2 N–H and O–H groups in total.